The SMILES string of the molecule is C=C(/C=C(\C)CC/C=C(\C)CO)C[C@]1(C)C=Cc2cc(O)cc(C)c2O1. The Balaban J connectivity index is 2.02. The molecule has 2 N–H and O–H groups in total. The molecule has 140 valence electrons. The molecule has 2 rings (SSSR count). The van der Waals surface area contributed by atoms with Gasteiger partial charge in [-0.15, -0.1) is 0 Å². The second-order valence-electron chi connectivity index (χ2n) is 7.50. The molecule has 0 saturated heterocycles. The third-order valence-electron chi connectivity index (χ3n) is 4.55. The van der Waals surface area contributed by atoms with E-state index in [-0.39, 0.29) is 12.4 Å². The van der Waals surface area contributed by atoms with Gasteiger partial charge >= 0.3 is 0 Å². The number of allylic oxidation sites excluding steroid dienone is 3. The summed E-state index contributed by atoms with van der Waals surface area (Å²) in [4.78, 5) is 0. The number of rotatable bonds is 7. The number of benzene rings is 1. The van der Waals surface area contributed by atoms with Crippen LogP contribution < -0.4 is 4.74 Å². The van der Waals surface area contributed by atoms with E-state index in [2.05, 4.69) is 32.6 Å². The molecule has 0 saturated carbocycles. The van der Waals surface area contributed by atoms with Crippen molar-refractivity contribution in [1.29, 1.82) is 0 Å². The summed E-state index contributed by atoms with van der Waals surface area (Å²) in [5, 5.41) is 18.8. The lowest BCUT2D eigenvalue weighted by atomic mass is 9.91. The van der Waals surface area contributed by atoms with Crippen LogP contribution in [-0.2, 0) is 0 Å². The van der Waals surface area contributed by atoms with Gasteiger partial charge in [-0.1, -0.05) is 41.5 Å². The van der Waals surface area contributed by atoms with E-state index in [0.717, 1.165) is 40.9 Å². The summed E-state index contributed by atoms with van der Waals surface area (Å²) >= 11 is 0. The van der Waals surface area contributed by atoms with Crippen molar-refractivity contribution < 1.29 is 14.9 Å². The van der Waals surface area contributed by atoms with Crippen molar-refractivity contribution in [2.75, 3.05) is 6.61 Å². The lowest BCUT2D eigenvalue weighted by Crippen LogP contribution is -2.32. The van der Waals surface area contributed by atoms with Crippen LogP contribution in [0.2, 0.25) is 0 Å². The first-order valence-electron chi connectivity index (χ1n) is 9.06. The third-order valence-corrected chi connectivity index (χ3v) is 4.55. The Bertz CT molecular complexity index is 768. The standard InChI is InChI=1S/C23H30O3/c1-16(7-6-8-17(2)15-24)11-18(3)14-23(5)10-9-20-13-21(25)12-19(4)22(20)26-23/h8-13,24-25H,3,6-7,14-15H2,1-2,4-5H3/b16-11+,17-8+/t23-/m0/s1. The van der Waals surface area contributed by atoms with Crippen molar-refractivity contribution in [3.8, 4) is 11.5 Å². The Morgan fingerprint density at radius 2 is 2.00 bits per heavy atom. The van der Waals surface area contributed by atoms with Gasteiger partial charge in [-0.25, -0.2) is 0 Å². The number of fused-ring (bicyclic) bond motifs is 1. The quantitative estimate of drug-likeness (QED) is 0.504. The Labute approximate surface area is 157 Å². The van der Waals surface area contributed by atoms with Gasteiger partial charge < -0.3 is 14.9 Å². The molecule has 26 heavy (non-hydrogen) atoms. The molecule has 1 heterocycles. The van der Waals surface area contributed by atoms with E-state index in [0.29, 0.717) is 6.42 Å². The molecule has 1 aromatic carbocycles. The van der Waals surface area contributed by atoms with Crippen LogP contribution in [0.25, 0.3) is 6.08 Å². The molecule has 0 aliphatic carbocycles. The highest BCUT2D eigenvalue weighted by atomic mass is 16.5. The normalized spacial score (nSPS) is 19.9. The van der Waals surface area contributed by atoms with Gasteiger partial charge in [0.05, 0.1) is 6.61 Å². The summed E-state index contributed by atoms with van der Waals surface area (Å²) in [5.74, 6) is 1.08. The summed E-state index contributed by atoms with van der Waals surface area (Å²) in [5.41, 5.74) is 4.68. The molecule has 3 nitrogen and oxygen atoms in total. The average Bonchev–Trinajstić information content (AvgIpc) is 2.55. The summed E-state index contributed by atoms with van der Waals surface area (Å²) in [6, 6.07) is 3.44. The fourth-order valence-electron chi connectivity index (χ4n) is 3.21. The third kappa shape index (κ3) is 5.37. The van der Waals surface area contributed by atoms with Crippen LogP contribution in [0.3, 0.4) is 0 Å². The molecule has 0 spiro atoms. The summed E-state index contributed by atoms with van der Waals surface area (Å²) in [6.07, 6.45) is 10.8. The average molecular weight is 354 g/mol. The molecule has 0 unspecified atom stereocenters. The molecule has 0 bridgehead atoms. The molecule has 1 atom stereocenters. The first-order valence-corrected chi connectivity index (χ1v) is 9.06. The van der Waals surface area contributed by atoms with Gasteiger partial charge in [0.15, 0.2) is 0 Å². The number of phenols is 1. The van der Waals surface area contributed by atoms with Crippen molar-refractivity contribution in [2.24, 2.45) is 0 Å². The molecule has 3 heteroatoms. The van der Waals surface area contributed by atoms with Crippen molar-refractivity contribution >= 4 is 6.08 Å². The fraction of sp³-hybridized carbons (Fsp3) is 0.391. The fourth-order valence-corrected chi connectivity index (χ4v) is 3.21. The maximum Gasteiger partial charge on any atom is 0.131 e. The highest BCUT2D eigenvalue weighted by Crippen LogP contribution is 2.38. The van der Waals surface area contributed by atoms with Gasteiger partial charge in [0.1, 0.15) is 17.1 Å². The molecule has 0 aromatic heterocycles. The minimum Gasteiger partial charge on any atom is -0.508 e. The number of aliphatic hydroxyl groups is 1. The number of aliphatic hydroxyl groups excluding tert-OH is 1. The Kier molecular flexibility index (Phi) is 6.49. The van der Waals surface area contributed by atoms with E-state index in [1.165, 1.54) is 5.57 Å². The lowest BCUT2D eigenvalue weighted by Gasteiger charge is -2.33. The first kappa shape index (κ1) is 20.1. The molecule has 1 aliphatic heterocycles. The lowest BCUT2D eigenvalue weighted by molar-refractivity contribution is 0.138. The molecule has 0 radical (unpaired) electrons. The van der Waals surface area contributed by atoms with Crippen LogP contribution in [-0.4, -0.2) is 22.4 Å². The minimum absolute atomic E-state index is 0.121. The van der Waals surface area contributed by atoms with E-state index in [1.807, 2.05) is 26.0 Å². The minimum atomic E-state index is -0.448. The molecule has 1 aromatic rings. The number of phenolic OH excluding ortho intramolecular Hbond substituents is 1. The second-order valence-corrected chi connectivity index (χ2v) is 7.50. The molecule has 1 aliphatic rings. The van der Waals surface area contributed by atoms with Crippen LogP contribution in [0, 0.1) is 6.92 Å². The Morgan fingerprint density at radius 1 is 1.27 bits per heavy atom. The zero-order valence-electron chi connectivity index (χ0n) is 16.3. The van der Waals surface area contributed by atoms with E-state index in [1.54, 1.807) is 12.1 Å². The zero-order chi connectivity index (χ0) is 19.3. The molecule has 0 amide bonds. The van der Waals surface area contributed by atoms with Crippen LogP contribution in [0.4, 0.5) is 0 Å². The largest absolute Gasteiger partial charge is 0.508 e. The van der Waals surface area contributed by atoms with E-state index in [9.17, 15) is 5.11 Å². The van der Waals surface area contributed by atoms with Crippen LogP contribution >= 0.6 is 0 Å². The van der Waals surface area contributed by atoms with Gasteiger partial charge in [0, 0.05) is 12.0 Å². The Hall–Kier alpha value is -2.26. The zero-order valence-corrected chi connectivity index (χ0v) is 16.3. The van der Waals surface area contributed by atoms with Crippen LogP contribution in [0.1, 0.15) is 51.2 Å². The van der Waals surface area contributed by atoms with Crippen LogP contribution in [0.5, 0.6) is 11.5 Å². The predicted molar refractivity (Wildman–Crippen MR) is 109 cm³/mol. The van der Waals surface area contributed by atoms with E-state index >= 15 is 0 Å². The number of ether oxygens (including phenoxy) is 1. The predicted octanol–water partition coefficient (Wildman–Crippen LogP) is 5.48. The van der Waals surface area contributed by atoms with Crippen molar-refractivity contribution in [2.45, 2.75) is 52.6 Å². The number of hydrogen-bond acceptors (Lipinski definition) is 3. The van der Waals surface area contributed by atoms with Crippen LogP contribution in [0.15, 0.2) is 53.7 Å². The number of hydrogen-bond donors (Lipinski definition) is 2. The molecular formula is C23H30O3. The van der Waals surface area contributed by atoms with Gasteiger partial charge in [0.2, 0.25) is 0 Å². The van der Waals surface area contributed by atoms with Crippen molar-refractivity contribution in [3.05, 3.63) is 64.8 Å². The monoisotopic (exact) mass is 354 g/mol. The van der Waals surface area contributed by atoms with Gasteiger partial charge in [-0.3, -0.25) is 0 Å². The van der Waals surface area contributed by atoms with Gasteiger partial charge in [-0.2, -0.15) is 0 Å². The van der Waals surface area contributed by atoms with Gasteiger partial charge in [0.25, 0.3) is 0 Å². The van der Waals surface area contributed by atoms with Crippen molar-refractivity contribution in [1.82, 2.24) is 0 Å². The maximum absolute atomic E-state index is 9.74. The smallest absolute Gasteiger partial charge is 0.131 e. The van der Waals surface area contributed by atoms with Crippen molar-refractivity contribution in [3.63, 3.8) is 0 Å². The second kappa shape index (κ2) is 8.41. The first-order chi connectivity index (χ1) is 12.2. The highest BCUT2D eigenvalue weighted by Gasteiger charge is 2.29. The number of aryl methyl sites for hydroxylation is 1. The molecule has 0 fully saturated rings. The Morgan fingerprint density at radius 3 is 2.69 bits per heavy atom. The van der Waals surface area contributed by atoms with E-state index < -0.39 is 5.60 Å². The topological polar surface area (TPSA) is 49.7 Å². The molecular weight excluding hydrogens is 324 g/mol. The number of aromatic hydroxyl groups is 1. The van der Waals surface area contributed by atoms with Gasteiger partial charge in [-0.05, 0) is 64.3 Å². The van der Waals surface area contributed by atoms with E-state index in [4.69, 9.17) is 9.84 Å². The maximum atomic E-state index is 9.74. The summed E-state index contributed by atoms with van der Waals surface area (Å²) in [6.45, 7) is 12.4. The summed E-state index contributed by atoms with van der Waals surface area (Å²) < 4.78 is 6.26. The summed E-state index contributed by atoms with van der Waals surface area (Å²) in [7, 11) is 0. The highest BCUT2D eigenvalue weighted by molar-refractivity contribution is 5.65.